The Hall–Kier alpha value is -3.34. The number of fused-ring (bicyclic) bond motifs is 1. The first-order valence-electron chi connectivity index (χ1n) is 14.6. The molecule has 0 bridgehead atoms. The summed E-state index contributed by atoms with van der Waals surface area (Å²) in [5, 5.41) is 22.7. The van der Waals surface area contributed by atoms with Crippen molar-refractivity contribution in [2.45, 2.75) is 58.2 Å². The van der Waals surface area contributed by atoms with Crippen molar-refractivity contribution in [2.75, 3.05) is 38.8 Å². The van der Waals surface area contributed by atoms with Crippen LogP contribution >= 0.6 is 11.6 Å². The van der Waals surface area contributed by atoms with Gasteiger partial charge in [0.25, 0.3) is 5.91 Å². The summed E-state index contributed by atoms with van der Waals surface area (Å²) in [6.07, 6.45) is 0.366. The van der Waals surface area contributed by atoms with Crippen LogP contribution in [0.15, 0.2) is 36.4 Å². The predicted molar refractivity (Wildman–Crippen MR) is 162 cm³/mol. The minimum atomic E-state index is -1.16. The number of rotatable bonds is 11. The normalized spacial score (nSPS) is 22.4. The molecule has 234 valence electrons. The van der Waals surface area contributed by atoms with Gasteiger partial charge in [0.1, 0.15) is 12.2 Å². The third kappa shape index (κ3) is 7.60. The first kappa shape index (κ1) is 32.6. The maximum atomic E-state index is 14.2. The van der Waals surface area contributed by atoms with E-state index in [1.54, 1.807) is 35.2 Å². The number of carboxylic acid groups (broad SMARTS) is 1. The quantitative estimate of drug-likeness (QED) is 0.334. The van der Waals surface area contributed by atoms with Crippen molar-refractivity contribution in [3.63, 3.8) is 0 Å². The third-order valence-corrected chi connectivity index (χ3v) is 8.52. The number of ether oxygens (including phenoxy) is 3. The minimum absolute atomic E-state index is 0.164. The number of hydrogen-bond donors (Lipinski definition) is 3. The highest BCUT2D eigenvalue weighted by Crippen LogP contribution is 2.45. The first-order chi connectivity index (χ1) is 20.5. The van der Waals surface area contributed by atoms with Gasteiger partial charge in [-0.2, -0.15) is 0 Å². The molecule has 0 aromatic heterocycles. The lowest BCUT2D eigenvalue weighted by atomic mass is 9.82. The summed E-state index contributed by atoms with van der Waals surface area (Å²) >= 11 is 6.47. The zero-order chi connectivity index (χ0) is 31.3. The lowest BCUT2D eigenvalue weighted by Gasteiger charge is -2.32. The number of carbonyl (C=O) groups excluding carboxylic acids is 2. The van der Waals surface area contributed by atoms with Gasteiger partial charge in [-0.3, -0.25) is 14.4 Å². The largest absolute Gasteiger partial charge is 0.493 e. The fourth-order valence-electron chi connectivity index (χ4n) is 5.82. The molecule has 0 saturated heterocycles. The molecule has 4 rings (SSSR count). The van der Waals surface area contributed by atoms with Crippen LogP contribution in [0.2, 0.25) is 5.02 Å². The number of nitrogens with zero attached hydrogens (tertiary/aromatic N) is 1. The summed E-state index contributed by atoms with van der Waals surface area (Å²) in [4.78, 5) is 40.3. The van der Waals surface area contributed by atoms with Crippen LogP contribution in [0.1, 0.15) is 63.2 Å². The Balaban J connectivity index is 1.67. The molecule has 2 aromatic rings. The second kappa shape index (κ2) is 14.0. The van der Waals surface area contributed by atoms with Crippen molar-refractivity contribution < 1.29 is 38.8 Å². The molecule has 2 atom stereocenters. The van der Waals surface area contributed by atoms with E-state index in [1.165, 1.54) is 14.2 Å². The van der Waals surface area contributed by atoms with E-state index in [4.69, 9.17) is 25.8 Å². The number of hydrogen-bond acceptors (Lipinski definition) is 7. The van der Waals surface area contributed by atoms with Crippen LogP contribution in [-0.4, -0.2) is 68.0 Å². The van der Waals surface area contributed by atoms with Gasteiger partial charge in [-0.1, -0.05) is 37.6 Å². The summed E-state index contributed by atoms with van der Waals surface area (Å²) in [5.41, 5.74) is 1.12. The van der Waals surface area contributed by atoms with E-state index in [-0.39, 0.29) is 37.3 Å². The molecule has 1 aliphatic carbocycles. The first-order valence-corrected chi connectivity index (χ1v) is 14.9. The van der Waals surface area contributed by atoms with Crippen LogP contribution in [0.5, 0.6) is 11.5 Å². The zero-order valence-electron chi connectivity index (χ0n) is 25.1. The Labute approximate surface area is 257 Å². The zero-order valence-corrected chi connectivity index (χ0v) is 25.9. The van der Waals surface area contributed by atoms with E-state index >= 15 is 0 Å². The molecule has 0 unspecified atom stereocenters. The van der Waals surface area contributed by atoms with Crippen LogP contribution in [0.25, 0.3) is 0 Å². The molecule has 2 aliphatic rings. The van der Waals surface area contributed by atoms with E-state index in [9.17, 15) is 24.6 Å². The van der Waals surface area contributed by atoms with E-state index in [2.05, 4.69) is 5.32 Å². The lowest BCUT2D eigenvalue weighted by Crippen LogP contribution is -2.46. The van der Waals surface area contributed by atoms with Crippen LogP contribution in [0, 0.1) is 17.3 Å². The number of aliphatic hydroxyl groups excluding tert-OH is 1. The number of para-hydroxylation sites is 1. The third-order valence-electron chi connectivity index (χ3n) is 8.29. The summed E-state index contributed by atoms with van der Waals surface area (Å²) in [7, 11) is 3.05. The Kier molecular flexibility index (Phi) is 10.6. The Bertz CT molecular complexity index is 1320. The molecule has 2 aromatic carbocycles. The van der Waals surface area contributed by atoms with Crippen molar-refractivity contribution in [3.05, 3.63) is 52.5 Å². The number of benzene rings is 2. The molecular weight excluding hydrogens is 576 g/mol. The highest BCUT2D eigenvalue weighted by molar-refractivity contribution is 6.30. The summed E-state index contributed by atoms with van der Waals surface area (Å²) < 4.78 is 17.8. The summed E-state index contributed by atoms with van der Waals surface area (Å²) in [6, 6.07) is 10.6. The van der Waals surface area contributed by atoms with Crippen LogP contribution in [-0.2, 0) is 19.1 Å². The fraction of sp³-hybridized carbons (Fsp3) is 0.531. The van der Waals surface area contributed by atoms with Crippen molar-refractivity contribution in [1.82, 2.24) is 5.32 Å². The molecule has 3 N–H and O–H groups in total. The van der Waals surface area contributed by atoms with Gasteiger partial charge < -0.3 is 34.6 Å². The van der Waals surface area contributed by atoms with Crippen molar-refractivity contribution in [2.24, 2.45) is 17.3 Å². The van der Waals surface area contributed by atoms with Crippen molar-refractivity contribution in [3.8, 4) is 11.5 Å². The van der Waals surface area contributed by atoms with Crippen LogP contribution < -0.4 is 19.7 Å². The average Bonchev–Trinajstić information content (AvgIpc) is 3.09. The van der Waals surface area contributed by atoms with Gasteiger partial charge in [-0.25, -0.2) is 0 Å². The Morgan fingerprint density at radius 1 is 1.09 bits per heavy atom. The molecule has 11 heteroatoms. The van der Waals surface area contributed by atoms with Gasteiger partial charge >= 0.3 is 5.97 Å². The van der Waals surface area contributed by atoms with Gasteiger partial charge in [0, 0.05) is 46.9 Å². The molecule has 1 fully saturated rings. The van der Waals surface area contributed by atoms with E-state index in [0.717, 1.165) is 0 Å². The molecule has 43 heavy (non-hydrogen) atoms. The van der Waals surface area contributed by atoms with Crippen molar-refractivity contribution >= 4 is 35.1 Å². The lowest BCUT2D eigenvalue weighted by molar-refractivity contribution is -0.143. The monoisotopic (exact) mass is 616 g/mol. The van der Waals surface area contributed by atoms with Crippen LogP contribution in [0.3, 0.4) is 0 Å². The number of anilines is 1. The fourth-order valence-corrected chi connectivity index (χ4v) is 6.00. The predicted octanol–water partition coefficient (Wildman–Crippen LogP) is 4.59. The van der Waals surface area contributed by atoms with E-state index in [0.29, 0.717) is 65.6 Å². The summed E-state index contributed by atoms with van der Waals surface area (Å²) in [6.45, 7) is 4.11. The van der Waals surface area contributed by atoms with E-state index in [1.807, 2.05) is 19.9 Å². The molecular formula is C32H41ClN2O8. The number of amides is 2. The minimum Gasteiger partial charge on any atom is -0.493 e. The maximum Gasteiger partial charge on any atom is 0.306 e. The topological polar surface area (TPSA) is 135 Å². The highest BCUT2D eigenvalue weighted by atomic mass is 35.5. The molecule has 2 amide bonds. The van der Waals surface area contributed by atoms with Gasteiger partial charge in [-0.15, -0.1) is 0 Å². The summed E-state index contributed by atoms with van der Waals surface area (Å²) in [5.74, 6) is -0.784. The Morgan fingerprint density at radius 3 is 2.44 bits per heavy atom. The van der Waals surface area contributed by atoms with Gasteiger partial charge in [0.05, 0.1) is 26.6 Å². The van der Waals surface area contributed by atoms with Gasteiger partial charge in [-0.05, 0) is 55.9 Å². The number of aliphatic carboxylic acids is 1. The molecule has 1 heterocycles. The van der Waals surface area contributed by atoms with Crippen LogP contribution in [0.4, 0.5) is 5.69 Å². The smallest absolute Gasteiger partial charge is 0.306 e. The number of methoxy groups -OCH3 is 2. The van der Waals surface area contributed by atoms with Gasteiger partial charge in [0.15, 0.2) is 11.5 Å². The number of carbonyl (C=O) groups is 3. The van der Waals surface area contributed by atoms with E-state index < -0.39 is 29.5 Å². The number of halogens is 1. The Morgan fingerprint density at radius 2 is 1.81 bits per heavy atom. The van der Waals surface area contributed by atoms with Gasteiger partial charge in [0.2, 0.25) is 5.91 Å². The molecule has 1 aliphatic heterocycles. The number of carboxylic acids is 1. The molecule has 0 spiro atoms. The molecule has 1 saturated carbocycles. The second-order valence-corrected chi connectivity index (χ2v) is 12.5. The standard InChI is InChI=1S/C32H41ClN2O8/c1-32(2,18-36)17-35-24-13-12-21(33)14-23(24)28(22-6-5-7-25(41-3)29(22)42-4)43-26(30(35)38)15-27(37)34-16-19-8-10-20(11-9-19)31(39)40/h5-7,12-14,19-20,26,28,36H,8-11,15-18H2,1-4H3,(H,34,37)(H,39,40)/t19-,20-,26-,28-/m1/s1. The molecule has 10 nitrogen and oxygen atoms in total. The molecule has 0 radical (unpaired) electrons. The average molecular weight is 617 g/mol. The second-order valence-electron chi connectivity index (χ2n) is 12.1. The number of aliphatic hydroxyl groups is 1. The SMILES string of the molecule is COc1cccc([C@H]2O[C@H](CC(=O)NC[C@H]3CC[C@H](C(=O)O)CC3)C(=O)N(CC(C)(C)CO)c3ccc(Cl)cc32)c1OC. The maximum absolute atomic E-state index is 14.2. The highest BCUT2D eigenvalue weighted by Gasteiger charge is 2.41. The van der Waals surface area contributed by atoms with Crippen molar-refractivity contribution in [1.29, 1.82) is 0 Å². The number of nitrogens with one attached hydrogen (secondary N) is 1.